The summed E-state index contributed by atoms with van der Waals surface area (Å²) in [6, 6.07) is 18.0. The summed E-state index contributed by atoms with van der Waals surface area (Å²) in [4.78, 5) is 4.45. The van der Waals surface area contributed by atoms with Crippen molar-refractivity contribution < 1.29 is 18.6 Å². The van der Waals surface area contributed by atoms with Crippen LogP contribution in [0.3, 0.4) is 0 Å². The van der Waals surface area contributed by atoms with E-state index in [9.17, 15) is 18.6 Å². The average molecular weight is 394 g/mol. The van der Waals surface area contributed by atoms with Crippen molar-refractivity contribution in [2.45, 2.75) is 11.3 Å². The molecule has 3 aromatic rings. The highest BCUT2D eigenvalue weighted by atomic mass is 32.2. The molecule has 0 bridgehead atoms. The number of phenols is 2. The van der Waals surface area contributed by atoms with Crippen LogP contribution in [0.2, 0.25) is 0 Å². The van der Waals surface area contributed by atoms with Gasteiger partial charge in [-0.25, -0.2) is 8.42 Å². The fraction of sp³-hybridized carbons (Fsp3) is 0.0952. The summed E-state index contributed by atoms with van der Waals surface area (Å²) >= 11 is 0. The normalized spacial score (nSPS) is 13.8. The van der Waals surface area contributed by atoms with Gasteiger partial charge in [0.05, 0.1) is 16.3 Å². The first kappa shape index (κ1) is 18.1. The fourth-order valence-electron chi connectivity index (χ4n) is 3.17. The third kappa shape index (κ3) is 3.32. The summed E-state index contributed by atoms with van der Waals surface area (Å²) in [6.07, 6.45) is 2.16. The van der Waals surface area contributed by atoms with E-state index in [0.29, 0.717) is 24.2 Å². The lowest BCUT2D eigenvalue weighted by Crippen LogP contribution is -2.29. The van der Waals surface area contributed by atoms with E-state index in [2.05, 4.69) is 4.99 Å². The topological polar surface area (TPSA) is 90.2 Å². The first-order chi connectivity index (χ1) is 13.4. The molecule has 0 fully saturated rings. The minimum atomic E-state index is -3.63. The van der Waals surface area contributed by atoms with Crippen LogP contribution in [0.1, 0.15) is 11.1 Å². The summed E-state index contributed by atoms with van der Waals surface area (Å²) < 4.78 is 27.4. The molecule has 3 aromatic carbocycles. The van der Waals surface area contributed by atoms with E-state index in [-0.39, 0.29) is 16.4 Å². The highest BCUT2D eigenvalue weighted by molar-refractivity contribution is 7.92. The third-order valence-corrected chi connectivity index (χ3v) is 6.46. The lowest BCUT2D eigenvalue weighted by atomic mass is 10.2. The van der Waals surface area contributed by atoms with Gasteiger partial charge in [-0.05, 0) is 54.4 Å². The highest BCUT2D eigenvalue weighted by Crippen LogP contribution is 2.33. The van der Waals surface area contributed by atoms with Crippen molar-refractivity contribution in [3.05, 3.63) is 77.9 Å². The number of hydrogen-bond acceptors (Lipinski definition) is 5. The molecule has 0 saturated carbocycles. The number of anilines is 1. The number of para-hydroxylation sites is 1. The van der Waals surface area contributed by atoms with Gasteiger partial charge in [0, 0.05) is 24.4 Å². The maximum Gasteiger partial charge on any atom is 0.264 e. The molecule has 4 rings (SSSR count). The van der Waals surface area contributed by atoms with E-state index in [4.69, 9.17) is 0 Å². The Kier molecular flexibility index (Phi) is 4.52. The Labute approximate surface area is 163 Å². The van der Waals surface area contributed by atoms with Crippen LogP contribution >= 0.6 is 0 Å². The molecule has 0 amide bonds. The van der Waals surface area contributed by atoms with Crippen molar-refractivity contribution >= 4 is 27.6 Å². The molecule has 1 heterocycles. The highest BCUT2D eigenvalue weighted by Gasteiger charge is 2.30. The SMILES string of the molecule is O=S(=O)(c1ccc(N=Cc2ccc(O)cc2O)cc1)N1CCc2ccccc21. The molecule has 0 atom stereocenters. The second-order valence-electron chi connectivity index (χ2n) is 6.45. The second-order valence-corrected chi connectivity index (χ2v) is 8.31. The molecule has 1 aliphatic rings. The minimum absolute atomic E-state index is 0.0345. The Morgan fingerprint density at radius 2 is 1.71 bits per heavy atom. The van der Waals surface area contributed by atoms with Gasteiger partial charge in [0.2, 0.25) is 0 Å². The Balaban J connectivity index is 1.57. The fourth-order valence-corrected chi connectivity index (χ4v) is 4.68. The van der Waals surface area contributed by atoms with E-state index >= 15 is 0 Å². The molecule has 2 N–H and O–H groups in total. The molecule has 6 nitrogen and oxygen atoms in total. The standard InChI is InChI=1S/C21H18N2O4S/c24-18-8-5-16(21(25)13-18)14-22-17-6-9-19(10-7-17)28(26,27)23-12-11-15-3-1-2-4-20(15)23/h1-10,13-14,24-25H,11-12H2. The van der Waals surface area contributed by atoms with Gasteiger partial charge >= 0.3 is 0 Å². The zero-order chi connectivity index (χ0) is 19.7. The van der Waals surface area contributed by atoms with Gasteiger partial charge in [0.25, 0.3) is 10.0 Å². The Morgan fingerprint density at radius 1 is 0.964 bits per heavy atom. The zero-order valence-corrected chi connectivity index (χ0v) is 15.7. The summed E-state index contributed by atoms with van der Waals surface area (Å²) in [6.45, 7) is 0.432. The minimum Gasteiger partial charge on any atom is -0.508 e. The van der Waals surface area contributed by atoms with Gasteiger partial charge in [0.15, 0.2) is 0 Å². The molecule has 0 aliphatic carbocycles. The Hall–Kier alpha value is -3.32. The van der Waals surface area contributed by atoms with Crippen LogP contribution in [0.4, 0.5) is 11.4 Å². The smallest absolute Gasteiger partial charge is 0.264 e. The summed E-state index contributed by atoms with van der Waals surface area (Å²) in [5.41, 5.74) is 2.75. The quantitative estimate of drug-likeness (QED) is 0.662. The van der Waals surface area contributed by atoms with Crippen molar-refractivity contribution in [3.63, 3.8) is 0 Å². The number of hydrogen-bond donors (Lipinski definition) is 2. The predicted octanol–water partition coefficient (Wildman–Crippen LogP) is 3.60. The maximum atomic E-state index is 13.0. The summed E-state index contributed by atoms with van der Waals surface area (Å²) in [5.74, 6) is -0.122. The van der Waals surface area contributed by atoms with Crippen LogP contribution in [0.15, 0.2) is 76.6 Å². The molecule has 142 valence electrons. The van der Waals surface area contributed by atoms with Crippen molar-refractivity contribution in [3.8, 4) is 11.5 Å². The van der Waals surface area contributed by atoms with Crippen molar-refractivity contribution in [1.29, 1.82) is 0 Å². The number of aliphatic imine (C=N–C) groups is 1. The Morgan fingerprint density at radius 3 is 2.46 bits per heavy atom. The van der Waals surface area contributed by atoms with Crippen LogP contribution in [-0.2, 0) is 16.4 Å². The monoisotopic (exact) mass is 394 g/mol. The van der Waals surface area contributed by atoms with Crippen LogP contribution in [0.25, 0.3) is 0 Å². The van der Waals surface area contributed by atoms with Crippen LogP contribution in [-0.4, -0.2) is 31.4 Å². The summed E-state index contributed by atoms with van der Waals surface area (Å²) in [5, 5.41) is 19.1. The second kappa shape index (κ2) is 7.01. The first-order valence-corrected chi connectivity index (χ1v) is 10.2. The van der Waals surface area contributed by atoms with Crippen LogP contribution in [0.5, 0.6) is 11.5 Å². The van der Waals surface area contributed by atoms with Crippen molar-refractivity contribution in [1.82, 2.24) is 0 Å². The maximum absolute atomic E-state index is 13.0. The van der Waals surface area contributed by atoms with E-state index in [0.717, 1.165) is 11.3 Å². The number of phenolic OH excluding ortho intramolecular Hbond substituents is 2. The molecule has 1 aliphatic heterocycles. The van der Waals surface area contributed by atoms with E-state index < -0.39 is 10.0 Å². The van der Waals surface area contributed by atoms with Gasteiger partial charge in [-0.2, -0.15) is 0 Å². The number of nitrogens with zero attached hydrogens (tertiary/aromatic N) is 2. The van der Waals surface area contributed by atoms with Crippen LogP contribution in [0, 0.1) is 0 Å². The lowest BCUT2D eigenvalue weighted by Gasteiger charge is -2.19. The van der Waals surface area contributed by atoms with Gasteiger partial charge in [-0.1, -0.05) is 18.2 Å². The number of rotatable bonds is 4. The predicted molar refractivity (Wildman–Crippen MR) is 108 cm³/mol. The molecule has 0 saturated heterocycles. The number of sulfonamides is 1. The molecular weight excluding hydrogens is 376 g/mol. The molecule has 0 spiro atoms. The molecule has 0 aromatic heterocycles. The first-order valence-electron chi connectivity index (χ1n) is 8.72. The average Bonchev–Trinajstić information content (AvgIpc) is 3.13. The molecule has 7 heteroatoms. The van der Waals surface area contributed by atoms with Crippen LogP contribution < -0.4 is 4.31 Å². The number of aromatic hydroxyl groups is 2. The van der Waals surface area contributed by atoms with Crippen molar-refractivity contribution in [2.75, 3.05) is 10.8 Å². The molecule has 0 unspecified atom stereocenters. The van der Waals surface area contributed by atoms with Crippen molar-refractivity contribution in [2.24, 2.45) is 4.99 Å². The van der Waals surface area contributed by atoms with E-state index in [1.165, 1.54) is 40.9 Å². The van der Waals surface area contributed by atoms with Gasteiger partial charge in [-0.3, -0.25) is 9.30 Å². The van der Waals surface area contributed by atoms with Gasteiger partial charge in [0.1, 0.15) is 11.5 Å². The summed E-state index contributed by atoms with van der Waals surface area (Å²) in [7, 11) is -3.63. The Bertz CT molecular complexity index is 1160. The lowest BCUT2D eigenvalue weighted by molar-refractivity contribution is 0.450. The van der Waals surface area contributed by atoms with E-state index in [1.807, 2.05) is 24.3 Å². The molecular formula is C21H18N2O4S. The van der Waals surface area contributed by atoms with E-state index in [1.54, 1.807) is 12.1 Å². The largest absolute Gasteiger partial charge is 0.508 e. The molecule has 28 heavy (non-hydrogen) atoms. The zero-order valence-electron chi connectivity index (χ0n) is 14.9. The third-order valence-electron chi connectivity index (χ3n) is 4.64. The van der Waals surface area contributed by atoms with Gasteiger partial charge in [-0.15, -0.1) is 0 Å². The number of fused-ring (bicyclic) bond motifs is 1. The molecule has 0 radical (unpaired) electrons. The van der Waals surface area contributed by atoms with Gasteiger partial charge < -0.3 is 10.2 Å². The number of benzene rings is 3.